The van der Waals surface area contributed by atoms with Crippen LogP contribution in [-0.2, 0) is 5.67 Å². The first-order valence-electron chi connectivity index (χ1n) is 4.47. The van der Waals surface area contributed by atoms with Crippen molar-refractivity contribution < 1.29 is 8.78 Å². The fraction of sp³-hybridized carbons (Fsp3) is 0.400. The third-order valence-corrected chi connectivity index (χ3v) is 2.75. The van der Waals surface area contributed by atoms with E-state index in [0.717, 1.165) is 6.07 Å². The summed E-state index contributed by atoms with van der Waals surface area (Å²) in [6.45, 7) is 0.754. The van der Waals surface area contributed by atoms with Gasteiger partial charge < -0.3 is 5.32 Å². The molecule has 1 unspecified atom stereocenters. The van der Waals surface area contributed by atoms with Crippen LogP contribution < -0.4 is 5.32 Å². The lowest BCUT2D eigenvalue weighted by molar-refractivity contribution is 0.186. The van der Waals surface area contributed by atoms with Crippen LogP contribution in [-0.4, -0.2) is 13.1 Å². The van der Waals surface area contributed by atoms with E-state index in [9.17, 15) is 8.78 Å². The maximum Gasteiger partial charge on any atom is 0.152 e. The Balaban J connectivity index is 2.40. The van der Waals surface area contributed by atoms with Crippen LogP contribution in [0.1, 0.15) is 12.0 Å². The fourth-order valence-corrected chi connectivity index (χ4v) is 1.90. The van der Waals surface area contributed by atoms with Gasteiger partial charge in [0.1, 0.15) is 5.82 Å². The number of alkyl halides is 1. The van der Waals surface area contributed by atoms with E-state index in [-0.39, 0.29) is 12.1 Å². The highest BCUT2D eigenvalue weighted by Crippen LogP contribution is 2.34. The molecule has 1 nitrogen and oxygen atoms in total. The predicted octanol–water partition coefficient (Wildman–Crippen LogP) is 2.64. The molecule has 4 heteroatoms. The first-order valence-corrected chi connectivity index (χ1v) is 4.85. The van der Waals surface area contributed by atoms with Gasteiger partial charge in [0.15, 0.2) is 5.67 Å². The zero-order valence-corrected chi connectivity index (χ0v) is 8.24. The molecule has 1 heterocycles. The standard InChI is InChI=1S/C10H10ClF2N/c11-7-1-2-8(9(12)5-7)10(13)3-4-14-6-10/h1-2,5,14H,3-4,6H2. The van der Waals surface area contributed by atoms with Crippen molar-refractivity contribution in [2.24, 2.45) is 0 Å². The van der Waals surface area contributed by atoms with Crippen molar-refractivity contribution in [1.82, 2.24) is 5.32 Å². The molecule has 1 aromatic carbocycles. The van der Waals surface area contributed by atoms with E-state index >= 15 is 0 Å². The lowest BCUT2D eigenvalue weighted by atomic mass is 9.94. The minimum absolute atomic E-state index is 0.104. The van der Waals surface area contributed by atoms with Gasteiger partial charge in [-0.25, -0.2) is 8.78 Å². The van der Waals surface area contributed by atoms with Crippen LogP contribution in [0.3, 0.4) is 0 Å². The van der Waals surface area contributed by atoms with Crippen molar-refractivity contribution in [3.05, 3.63) is 34.6 Å². The molecular weight excluding hydrogens is 208 g/mol. The van der Waals surface area contributed by atoms with Crippen LogP contribution in [0.5, 0.6) is 0 Å². The Morgan fingerprint density at radius 3 is 2.79 bits per heavy atom. The second kappa shape index (κ2) is 3.48. The maximum atomic E-state index is 14.1. The van der Waals surface area contributed by atoms with E-state index in [0.29, 0.717) is 18.0 Å². The maximum absolute atomic E-state index is 14.1. The van der Waals surface area contributed by atoms with Gasteiger partial charge in [-0.15, -0.1) is 0 Å². The summed E-state index contributed by atoms with van der Waals surface area (Å²) in [5, 5.41) is 3.17. The van der Waals surface area contributed by atoms with Crippen molar-refractivity contribution in [2.45, 2.75) is 12.1 Å². The molecule has 0 spiro atoms. The molecule has 1 N–H and O–H groups in total. The predicted molar refractivity (Wildman–Crippen MR) is 51.7 cm³/mol. The Hall–Kier alpha value is -0.670. The Morgan fingerprint density at radius 2 is 2.21 bits per heavy atom. The summed E-state index contributed by atoms with van der Waals surface area (Å²) in [6, 6.07) is 4.08. The SMILES string of the molecule is Fc1cc(Cl)ccc1C1(F)CCNC1. The molecule has 0 amide bonds. The van der Waals surface area contributed by atoms with Crippen LogP contribution in [0.25, 0.3) is 0 Å². The Labute approximate surface area is 86.1 Å². The summed E-state index contributed by atoms with van der Waals surface area (Å²) in [6.07, 6.45) is 0.311. The van der Waals surface area contributed by atoms with Gasteiger partial charge in [0, 0.05) is 17.1 Å². The first kappa shape index (κ1) is 9.87. The van der Waals surface area contributed by atoms with Gasteiger partial charge in [-0.3, -0.25) is 0 Å². The minimum Gasteiger partial charge on any atom is -0.313 e. The van der Waals surface area contributed by atoms with Gasteiger partial charge in [-0.1, -0.05) is 17.7 Å². The van der Waals surface area contributed by atoms with Crippen LogP contribution in [0.4, 0.5) is 8.78 Å². The summed E-state index contributed by atoms with van der Waals surface area (Å²) < 4.78 is 27.5. The lowest BCUT2D eigenvalue weighted by Crippen LogP contribution is -2.24. The average Bonchev–Trinajstić information content (AvgIpc) is 2.52. The van der Waals surface area contributed by atoms with E-state index in [2.05, 4.69) is 5.32 Å². The summed E-state index contributed by atoms with van der Waals surface area (Å²) in [5.74, 6) is -0.566. The van der Waals surface area contributed by atoms with Crippen molar-refractivity contribution >= 4 is 11.6 Å². The molecule has 1 atom stereocenters. The molecule has 14 heavy (non-hydrogen) atoms. The largest absolute Gasteiger partial charge is 0.313 e. The third-order valence-electron chi connectivity index (χ3n) is 2.52. The van der Waals surface area contributed by atoms with Gasteiger partial charge >= 0.3 is 0 Å². The van der Waals surface area contributed by atoms with E-state index < -0.39 is 11.5 Å². The summed E-state index contributed by atoms with van der Waals surface area (Å²) in [7, 11) is 0. The number of rotatable bonds is 1. The zero-order valence-electron chi connectivity index (χ0n) is 7.49. The van der Waals surface area contributed by atoms with Gasteiger partial charge in [-0.2, -0.15) is 0 Å². The summed E-state index contributed by atoms with van der Waals surface area (Å²) in [4.78, 5) is 0. The first-order chi connectivity index (χ1) is 6.62. The topological polar surface area (TPSA) is 12.0 Å². The molecule has 0 aliphatic carbocycles. The monoisotopic (exact) mass is 217 g/mol. The Bertz CT molecular complexity index is 348. The van der Waals surface area contributed by atoms with E-state index in [1.807, 2.05) is 0 Å². The highest BCUT2D eigenvalue weighted by Gasteiger charge is 2.37. The number of halogens is 3. The molecule has 0 saturated carbocycles. The molecule has 1 aromatic rings. The molecule has 1 aliphatic heterocycles. The Kier molecular flexibility index (Phi) is 2.45. The van der Waals surface area contributed by atoms with Gasteiger partial charge in [0.05, 0.1) is 0 Å². The number of hydrogen-bond acceptors (Lipinski definition) is 1. The minimum atomic E-state index is -1.57. The van der Waals surface area contributed by atoms with Gasteiger partial charge in [0.25, 0.3) is 0 Å². The second-order valence-electron chi connectivity index (χ2n) is 3.52. The van der Waals surface area contributed by atoms with Crippen LogP contribution in [0.15, 0.2) is 18.2 Å². The normalized spacial score (nSPS) is 26.8. The molecule has 0 bridgehead atoms. The molecule has 1 saturated heterocycles. The highest BCUT2D eigenvalue weighted by atomic mass is 35.5. The molecule has 0 aromatic heterocycles. The molecule has 76 valence electrons. The second-order valence-corrected chi connectivity index (χ2v) is 3.95. The van der Waals surface area contributed by atoms with Gasteiger partial charge in [-0.05, 0) is 25.1 Å². The van der Waals surface area contributed by atoms with E-state index in [1.165, 1.54) is 12.1 Å². The smallest absolute Gasteiger partial charge is 0.152 e. The number of hydrogen-bond donors (Lipinski definition) is 1. The summed E-state index contributed by atoms with van der Waals surface area (Å²) >= 11 is 5.59. The van der Waals surface area contributed by atoms with Crippen molar-refractivity contribution in [2.75, 3.05) is 13.1 Å². The van der Waals surface area contributed by atoms with Crippen LogP contribution in [0, 0.1) is 5.82 Å². The average molecular weight is 218 g/mol. The van der Waals surface area contributed by atoms with E-state index in [4.69, 9.17) is 11.6 Å². The molecular formula is C10H10ClF2N. The quantitative estimate of drug-likeness (QED) is 0.763. The van der Waals surface area contributed by atoms with Gasteiger partial charge in [0.2, 0.25) is 0 Å². The molecule has 1 aliphatic rings. The molecule has 0 radical (unpaired) electrons. The Morgan fingerprint density at radius 1 is 1.43 bits per heavy atom. The van der Waals surface area contributed by atoms with Crippen molar-refractivity contribution in [3.8, 4) is 0 Å². The molecule has 2 rings (SSSR count). The fourth-order valence-electron chi connectivity index (χ4n) is 1.74. The van der Waals surface area contributed by atoms with Crippen LogP contribution in [0.2, 0.25) is 5.02 Å². The third kappa shape index (κ3) is 1.62. The van der Waals surface area contributed by atoms with Crippen LogP contribution >= 0.6 is 11.6 Å². The number of nitrogens with one attached hydrogen (secondary N) is 1. The zero-order chi connectivity index (χ0) is 10.2. The number of benzene rings is 1. The van der Waals surface area contributed by atoms with Crippen molar-refractivity contribution in [1.29, 1.82) is 0 Å². The lowest BCUT2D eigenvalue weighted by Gasteiger charge is -2.19. The van der Waals surface area contributed by atoms with Crippen molar-refractivity contribution in [3.63, 3.8) is 0 Å². The summed E-state index contributed by atoms with van der Waals surface area (Å²) in [5.41, 5.74) is -1.47. The van der Waals surface area contributed by atoms with E-state index in [1.54, 1.807) is 0 Å². The highest BCUT2D eigenvalue weighted by molar-refractivity contribution is 6.30. The molecule has 1 fully saturated rings.